The van der Waals surface area contributed by atoms with Gasteiger partial charge in [0.15, 0.2) is 5.65 Å². The number of nitrogens with one attached hydrogen (secondary N) is 1. The first kappa shape index (κ1) is 18.2. The van der Waals surface area contributed by atoms with Crippen molar-refractivity contribution in [2.75, 3.05) is 5.32 Å². The summed E-state index contributed by atoms with van der Waals surface area (Å²) in [5.41, 5.74) is 2.08. The summed E-state index contributed by atoms with van der Waals surface area (Å²) in [4.78, 5) is 12.5. The Morgan fingerprint density at radius 3 is 2.65 bits per heavy atom. The zero-order valence-electron chi connectivity index (χ0n) is 10.9. The Labute approximate surface area is 134 Å². The molecule has 101 valence electrons. The first-order valence-electron chi connectivity index (χ1n) is 5.19. The van der Waals surface area contributed by atoms with Crippen molar-refractivity contribution in [3.05, 3.63) is 62.8 Å². The van der Waals surface area contributed by atoms with E-state index in [-0.39, 0.29) is 27.8 Å². The first-order valence-corrected chi connectivity index (χ1v) is 5.19. The molecule has 2 rings (SSSR count). The molecule has 0 saturated carbocycles. The molecule has 0 aromatic carbocycles. The van der Waals surface area contributed by atoms with Gasteiger partial charge in [-0.1, -0.05) is 0 Å². The van der Waals surface area contributed by atoms with Gasteiger partial charge in [-0.3, -0.25) is 30.3 Å². The van der Waals surface area contributed by atoms with Crippen molar-refractivity contribution in [1.82, 2.24) is 15.0 Å². The summed E-state index contributed by atoms with van der Waals surface area (Å²) >= 11 is 0. The molecule has 6 heteroatoms. The number of rotatable bonds is 4. The second kappa shape index (κ2) is 8.42. The molecule has 0 aliphatic carbocycles. The van der Waals surface area contributed by atoms with Crippen molar-refractivity contribution in [1.29, 1.82) is 0 Å². The van der Waals surface area contributed by atoms with Crippen LogP contribution in [0.3, 0.4) is 0 Å². The molecule has 0 bridgehead atoms. The largest absolute Gasteiger partial charge is 0.435 e. The quantitative estimate of drug-likeness (QED) is 0.452. The number of pyridine rings is 1. The molecule has 0 aliphatic rings. The summed E-state index contributed by atoms with van der Waals surface area (Å²) in [5.74, 6) is 0.581. The van der Waals surface area contributed by atoms with Gasteiger partial charge in [0.05, 0.1) is 0 Å². The minimum absolute atomic E-state index is 0. The van der Waals surface area contributed by atoms with Crippen LogP contribution in [-0.2, 0) is 20.4 Å². The van der Waals surface area contributed by atoms with Crippen LogP contribution in [0.1, 0.15) is 0 Å². The third-order valence-electron chi connectivity index (χ3n) is 2.15. The molecule has 0 saturated heterocycles. The van der Waals surface area contributed by atoms with Gasteiger partial charge < -0.3 is 12.7 Å². The molecule has 3 radical (unpaired) electrons. The van der Waals surface area contributed by atoms with Crippen LogP contribution < -0.4 is 10.9 Å². The number of fused-ring (bicyclic) bond motifs is 1. The Balaban J connectivity index is 0.00000180. The van der Waals surface area contributed by atoms with E-state index in [2.05, 4.69) is 20.3 Å². The summed E-state index contributed by atoms with van der Waals surface area (Å²) in [6, 6.07) is 3.55. The average molecular weight is 433 g/mol. The number of nitrogens with zero attached hydrogens (tertiary/aromatic N) is 3. The van der Waals surface area contributed by atoms with E-state index in [1.165, 1.54) is 18.3 Å². The molecule has 0 amide bonds. The van der Waals surface area contributed by atoms with E-state index in [4.69, 9.17) is 21.0 Å². The fourth-order valence-corrected chi connectivity index (χ4v) is 1.37. The van der Waals surface area contributed by atoms with E-state index in [1.807, 2.05) is 0 Å². The van der Waals surface area contributed by atoms with E-state index in [0.29, 0.717) is 28.3 Å². The van der Waals surface area contributed by atoms with Crippen LogP contribution in [0.25, 0.3) is 11.2 Å². The van der Waals surface area contributed by atoms with Crippen LogP contribution in [0.15, 0.2) is 42.3 Å². The standard InChI is InChI=1S/C13H9BN4.CH3.Re/c1-3-5-9(4-2)16-12-7-6-10-13(18-12)17-11(14)8-15-10;;/h1-8H,(H,16,17,18);1H3;/q-2;-1;/b9-5+;;. The fourth-order valence-electron chi connectivity index (χ4n) is 1.37. The Bertz CT molecular complexity index is 640. The van der Waals surface area contributed by atoms with E-state index in [1.54, 1.807) is 18.2 Å². The molecule has 20 heavy (non-hydrogen) atoms. The van der Waals surface area contributed by atoms with Crippen LogP contribution in [0.4, 0.5) is 5.82 Å². The number of allylic oxidation sites excluding steroid dienone is 3. The summed E-state index contributed by atoms with van der Waals surface area (Å²) < 4.78 is 0. The van der Waals surface area contributed by atoms with Crippen molar-refractivity contribution in [2.24, 2.45) is 0 Å². The molecule has 0 unspecified atom stereocenters. The third-order valence-corrected chi connectivity index (χ3v) is 2.15. The van der Waals surface area contributed by atoms with Gasteiger partial charge >= 0.3 is 0 Å². The smallest absolute Gasteiger partial charge is 0.179 e. The molecule has 4 nitrogen and oxygen atoms in total. The molecule has 2 heterocycles. The molecule has 0 spiro atoms. The summed E-state index contributed by atoms with van der Waals surface area (Å²) in [6.45, 7) is 10.7. The zero-order chi connectivity index (χ0) is 13.0. The van der Waals surface area contributed by atoms with Crippen molar-refractivity contribution in [2.45, 2.75) is 0 Å². The maximum Gasteiger partial charge on any atom is 0.179 e. The predicted octanol–water partition coefficient (Wildman–Crippen LogP) is 1.54. The van der Waals surface area contributed by atoms with E-state index in [0.717, 1.165) is 0 Å². The van der Waals surface area contributed by atoms with Crippen LogP contribution in [0, 0.1) is 20.6 Å². The molecule has 2 aromatic rings. The van der Waals surface area contributed by atoms with Gasteiger partial charge in [0.25, 0.3) is 0 Å². The van der Waals surface area contributed by atoms with Gasteiger partial charge in [-0.2, -0.15) is 5.70 Å². The summed E-state index contributed by atoms with van der Waals surface area (Å²) in [5, 5.41) is 2.99. The van der Waals surface area contributed by atoms with Crippen molar-refractivity contribution >= 4 is 30.4 Å². The van der Waals surface area contributed by atoms with Crippen molar-refractivity contribution in [3.63, 3.8) is 0 Å². The minimum atomic E-state index is 0. The molecule has 1 N–H and O–H groups in total. The first-order chi connectivity index (χ1) is 8.72. The maximum absolute atomic E-state index is 5.56. The molecule has 0 fully saturated rings. The van der Waals surface area contributed by atoms with Gasteiger partial charge in [-0.25, -0.2) is 16.0 Å². The molecular weight excluding hydrogens is 421 g/mol. The summed E-state index contributed by atoms with van der Waals surface area (Å²) in [6.07, 6.45) is 5.88. The second-order valence-corrected chi connectivity index (χ2v) is 3.44. The van der Waals surface area contributed by atoms with E-state index in [9.17, 15) is 0 Å². The van der Waals surface area contributed by atoms with Crippen LogP contribution in [-0.4, -0.2) is 22.8 Å². The number of anilines is 1. The van der Waals surface area contributed by atoms with E-state index < -0.39 is 0 Å². The number of hydrogen-bond donors (Lipinski definition) is 1. The monoisotopic (exact) mass is 434 g/mol. The average Bonchev–Trinajstić information content (AvgIpc) is 2.37. The molecule has 0 aliphatic heterocycles. The zero-order valence-corrected chi connectivity index (χ0v) is 13.6. The minimum Gasteiger partial charge on any atom is -0.435 e. The van der Waals surface area contributed by atoms with Gasteiger partial charge in [-0.05, 0) is 12.1 Å². The predicted molar refractivity (Wildman–Crippen MR) is 78.6 cm³/mol. The Morgan fingerprint density at radius 2 is 2.00 bits per heavy atom. The van der Waals surface area contributed by atoms with Gasteiger partial charge in [0, 0.05) is 32.2 Å². The number of hydrogen-bond acceptors (Lipinski definition) is 4. The van der Waals surface area contributed by atoms with Crippen molar-refractivity contribution in [3.8, 4) is 0 Å². The summed E-state index contributed by atoms with van der Waals surface area (Å²) in [7, 11) is 5.56. The van der Waals surface area contributed by atoms with Crippen molar-refractivity contribution < 1.29 is 20.4 Å². The van der Waals surface area contributed by atoms with E-state index >= 15 is 0 Å². The SMILES string of the molecule is [B]c1cnc2ccc(N/C(C=[CH-])=C/C=[CH-])nc2n1.[CH3-].[Re]. The Hall–Kier alpha value is -1.76. The topological polar surface area (TPSA) is 50.7 Å². The van der Waals surface area contributed by atoms with Crippen LogP contribution >= 0.6 is 0 Å². The number of aromatic nitrogens is 3. The molecular formula is C14H12BN4Re-3. The van der Waals surface area contributed by atoms with Crippen LogP contribution in [0.2, 0.25) is 0 Å². The Morgan fingerprint density at radius 1 is 1.25 bits per heavy atom. The van der Waals surface area contributed by atoms with Crippen LogP contribution in [0.5, 0.6) is 0 Å². The molecule has 0 atom stereocenters. The fraction of sp³-hybridized carbons (Fsp3) is 0. The van der Waals surface area contributed by atoms with Gasteiger partial charge in [-0.15, -0.1) is 0 Å². The Kier molecular flexibility index (Phi) is 7.67. The van der Waals surface area contributed by atoms with Gasteiger partial charge in [0.2, 0.25) is 0 Å². The normalized spacial score (nSPS) is 10.1. The van der Waals surface area contributed by atoms with Gasteiger partial charge in [0.1, 0.15) is 19.2 Å². The molecule has 2 aromatic heterocycles. The maximum atomic E-state index is 5.56. The third kappa shape index (κ3) is 4.41. The second-order valence-electron chi connectivity index (χ2n) is 3.44.